The highest BCUT2D eigenvalue weighted by atomic mass is 16.2. The van der Waals surface area contributed by atoms with Gasteiger partial charge in [0.15, 0.2) is 0 Å². The van der Waals surface area contributed by atoms with Gasteiger partial charge in [0, 0.05) is 25.8 Å². The second-order valence-corrected chi connectivity index (χ2v) is 4.30. The number of hydrogen-bond donors (Lipinski definition) is 1. The summed E-state index contributed by atoms with van der Waals surface area (Å²) in [7, 11) is 1.85. The van der Waals surface area contributed by atoms with E-state index in [1.54, 1.807) is 0 Å². The molecule has 2 rings (SSSR count). The molecule has 1 N–H and O–H groups in total. The predicted octanol–water partition coefficient (Wildman–Crippen LogP) is 2.27. The first kappa shape index (κ1) is 11.0. The van der Waals surface area contributed by atoms with Crippen molar-refractivity contribution in [3.05, 3.63) is 29.3 Å². The van der Waals surface area contributed by atoms with E-state index in [2.05, 4.69) is 5.32 Å². The van der Waals surface area contributed by atoms with Crippen LogP contribution in [0, 0.1) is 6.92 Å². The molecule has 0 aromatic heterocycles. The fourth-order valence-electron chi connectivity index (χ4n) is 2.14. The molecule has 0 aliphatic carbocycles. The maximum absolute atomic E-state index is 12.3. The fraction of sp³-hybridized carbons (Fsp3) is 0.462. The lowest BCUT2D eigenvalue weighted by molar-refractivity contribution is 0.0793. The van der Waals surface area contributed by atoms with Crippen molar-refractivity contribution in [3.63, 3.8) is 0 Å². The summed E-state index contributed by atoms with van der Waals surface area (Å²) in [6.45, 7) is 3.81. The van der Waals surface area contributed by atoms with Crippen molar-refractivity contribution in [2.45, 2.75) is 19.8 Å². The van der Waals surface area contributed by atoms with E-state index in [0.717, 1.165) is 42.7 Å². The van der Waals surface area contributed by atoms with Crippen molar-refractivity contribution in [2.75, 3.05) is 25.5 Å². The Hall–Kier alpha value is -1.51. The molecule has 0 unspecified atom stereocenters. The van der Waals surface area contributed by atoms with E-state index < -0.39 is 0 Å². The third-order valence-corrected chi connectivity index (χ3v) is 3.07. The zero-order chi connectivity index (χ0) is 11.5. The minimum atomic E-state index is 0.158. The molecule has 1 amide bonds. The quantitative estimate of drug-likeness (QED) is 0.826. The maximum atomic E-state index is 12.3. The minimum absolute atomic E-state index is 0.158. The Morgan fingerprint density at radius 2 is 2.00 bits per heavy atom. The summed E-state index contributed by atoms with van der Waals surface area (Å²) in [6.07, 6.45) is 2.26. The molecule has 86 valence electrons. The Labute approximate surface area is 96.5 Å². The first-order chi connectivity index (χ1) is 7.72. The van der Waals surface area contributed by atoms with Gasteiger partial charge in [0.1, 0.15) is 0 Å². The largest absolute Gasteiger partial charge is 0.387 e. The van der Waals surface area contributed by atoms with Crippen molar-refractivity contribution in [1.82, 2.24) is 4.90 Å². The monoisotopic (exact) mass is 218 g/mol. The van der Waals surface area contributed by atoms with Gasteiger partial charge in [-0.15, -0.1) is 0 Å². The van der Waals surface area contributed by atoms with Gasteiger partial charge in [-0.25, -0.2) is 0 Å². The van der Waals surface area contributed by atoms with Crippen LogP contribution in [0.3, 0.4) is 0 Å². The van der Waals surface area contributed by atoms with Gasteiger partial charge in [-0.2, -0.15) is 0 Å². The average Bonchev–Trinajstić information content (AvgIpc) is 2.81. The number of rotatable bonds is 2. The number of carbonyl (C=O) groups excluding carboxylic acids is 1. The maximum Gasteiger partial charge on any atom is 0.255 e. The van der Waals surface area contributed by atoms with E-state index in [9.17, 15) is 4.79 Å². The topological polar surface area (TPSA) is 32.3 Å². The van der Waals surface area contributed by atoms with Gasteiger partial charge in [-0.3, -0.25) is 4.79 Å². The Bertz CT molecular complexity index is 395. The number of likely N-dealkylation sites (tertiary alicyclic amines) is 1. The summed E-state index contributed by atoms with van der Waals surface area (Å²) in [5.74, 6) is 0.158. The van der Waals surface area contributed by atoms with Crippen molar-refractivity contribution in [2.24, 2.45) is 0 Å². The molecule has 1 aromatic rings. The molecule has 1 aromatic carbocycles. The SMILES string of the molecule is CNc1ccc(C)cc1C(=O)N1CCCC1. The van der Waals surface area contributed by atoms with Crippen LogP contribution in [0.2, 0.25) is 0 Å². The van der Waals surface area contributed by atoms with E-state index in [1.165, 1.54) is 0 Å². The average molecular weight is 218 g/mol. The van der Waals surface area contributed by atoms with Crippen molar-refractivity contribution in [1.29, 1.82) is 0 Å². The highest BCUT2D eigenvalue weighted by Gasteiger charge is 2.21. The summed E-state index contributed by atoms with van der Waals surface area (Å²) < 4.78 is 0. The molecule has 0 radical (unpaired) electrons. The molecular formula is C13H18N2O. The Morgan fingerprint density at radius 3 is 2.62 bits per heavy atom. The van der Waals surface area contributed by atoms with Crippen molar-refractivity contribution in [3.8, 4) is 0 Å². The number of hydrogen-bond acceptors (Lipinski definition) is 2. The summed E-state index contributed by atoms with van der Waals surface area (Å²) in [6, 6.07) is 5.96. The molecule has 16 heavy (non-hydrogen) atoms. The van der Waals surface area contributed by atoms with Crippen LogP contribution in [0.1, 0.15) is 28.8 Å². The lowest BCUT2D eigenvalue weighted by Crippen LogP contribution is -2.28. The molecule has 3 heteroatoms. The standard InChI is InChI=1S/C13H18N2O/c1-10-5-6-12(14-2)11(9-10)13(16)15-7-3-4-8-15/h5-6,9,14H,3-4,7-8H2,1-2H3. The third kappa shape index (κ3) is 2.03. The number of carbonyl (C=O) groups is 1. The molecule has 1 saturated heterocycles. The van der Waals surface area contributed by atoms with Crippen LogP contribution >= 0.6 is 0 Å². The first-order valence-corrected chi connectivity index (χ1v) is 5.80. The van der Waals surface area contributed by atoms with Crippen LogP contribution in [0.15, 0.2) is 18.2 Å². The number of nitrogens with one attached hydrogen (secondary N) is 1. The molecule has 0 saturated carbocycles. The molecule has 0 bridgehead atoms. The summed E-state index contributed by atoms with van der Waals surface area (Å²) in [4.78, 5) is 14.2. The molecule has 1 fully saturated rings. The summed E-state index contributed by atoms with van der Waals surface area (Å²) in [5.41, 5.74) is 2.84. The molecule has 1 aliphatic rings. The third-order valence-electron chi connectivity index (χ3n) is 3.07. The summed E-state index contributed by atoms with van der Waals surface area (Å²) in [5, 5.41) is 3.08. The van der Waals surface area contributed by atoms with E-state index in [0.29, 0.717) is 0 Å². The zero-order valence-corrected chi connectivity index (χ0v) is 9.92. The number of aryl methyl sites for hydroxylation is 1. The Morgan fingerprint density at radius 1 is 1.31 bits per heavy atom. The van der Waals surface area contributed by atoms with Crippen LogP contribution in [-0.4, -0.2) is 30.9 Å². The normalized spacial score (nSPS) is 15.2. The van der Waals surface area contributed by atoms with Gasteiger partial charge in [-0.1, -0.05) is 11.6 Å². The van der Waals surface area contributed by atoms with Gasteiger partial charge in [0.05, 0.1) is 5.56 Å². The number of benzene rings is 1. The number of anilines is 1. The van der Waals surface area contributed by atoms with Gasteiger partial charge in [0.2, 0.25) is 0 Å². The van der Waals surface area contributed by atoms with Crippen LogP contribution in [0.5, 0.6) is 0 Å². The van der Waals surface area contributed by atoms with Gasteiger partial charge in [0.25, 0.3) is 5.91 Å². The fourth-order valence-corrected chi connectivity index (χ4v) is 2.14. The van der Waals surface area contributed by atoms with Crippen LogP contribution in [-0.2, 0) is 0 Å². The molecule has 1 aliphatic heterocycles. The van der Waals surface area contributed by atoms with E-state index in [-0.39, 0.29) is 5.91 Å². The van der Waals surface area contributed by atoms with Crippen molar-refractivity contribution >= 4 is 11.6 Å². The summed E-state index contributed by atoms with van der Waals surface area (Å²) >= 11 is 0. The van der Waals surface area contributed by atoms with Crippen LogP contribution in [0.4, 0.5) is 5.69 Å². The second-order valence-electron chi connectivity index (χ2n) is 4.30. The first-order valence-electron chi connectivity index (χ1n) is 5.80. The molecule has 0 spiro atoms. The van der Waals surface area contributed by atoms with Crippen LogP contribution in [0.25, 0.3) is 0 Å². The Kier molecular flexibility index (Phi) is 3.13. The molecule has 0 atom stereocenters. The van der Waals surface area contributed by atoms with Gasteiger partial charge < -0.3 is 10.2 Å². The lowest BCUT2D eigenvalue weighted by Gasteiger charge is -2.17. The van der Waals surface area contributed by atoms with Crippen LogP contribution < -0.4 is 5.32 Å². The second kappa shape index (κ2) is 4.56. The lowest BCUT2D eigenvalue weighted by atomic mass is 10.1. The highest BCUT2D eigenvalue weighted by Crippen LogP contribution is 2.21. The predicted molar refractivity (Wildman–Crippen MR) is 65.9 cm³/mol. The molecular weight excluding hydrogens is 200 g/mol. The van der Waals surface area contributed by atoms with Crippen molar-refractivity contribution < 1.29 is 4.79 Å². The zero-order valence-electron chi connectivity index (χ0n) is 9.92. The van der Waals surface area contributed by atoms with E-state index >= 15 is 0 Å². The Balaban J connectivity index is 2.30. The molecule has 3 nitrogen and oxygen atoms in total. The number of nitrogens with zero attached hydrogens (tertiary/aromatic N) is 1. The smallest absolute Gasteiger partial charge is 0.255 e. The minimum Gasteiger partial charge on any atom is -0.387 e. The number of amides is 1. The van der Waals surface area contributed by atoms with Gasteiger partial charge >= 0.3 is 0 Å². The van der Waals surface area contributed by atoms with Gasteiger partial charge in [-0.05, 0) is 31.9 Å². The molecule has 1 heterocycles. The van der Waals surface area contributed by atoms with E-state index in [4.69, 9.17) is 0 Å². The van der Waals surface area contributed by atoms with E-state index in [1.807, 2.05) is 37.1 Å². The highest BCUT2D eigenvalue weighted by molar-refractivity contribution is 5.99.